The second-order valence-corrected chi connectivity index (χ2v) is 8.81. The number of benzene rings is 3. The molecule has 35 heavy (non-hydrogen) atoms. The van der Waals surface area contributed by atoms with Gasteiger partial charge in [0.15, 0.2) is 0 Å². The molecule has 3 N–H and O–H groups in total. The fourth-order valence-electron chi connectivity index (χ4n) is 4.41. The largest absolute Gasteiger partial charge is 0.480 e. The van der Waals surface area contributed by atoms with E-state index >= 15 is 0 Å². The van der Waals surface area contributed by atoms with Crippen molar-refractivity contribution in [3.63, 3.8) is 0 Å². The first-order valence-electron chi connectivity index (χ1n) is 11.6. The summed E-state index contributed by atoms with van der Waals surface area (Å²) in [5.74, 6) is -1.52. The Balaban J connectivity index is 1.32. The minimum Gasteiger partial charge on any atom is -0.480 e. The first-order valence-corrected chi connectivity index (χ1v) is 11.6. The van der Waals surface area contributed by atoms with Gasteiger partial charge in [0, 0.05) is 18.0 Å². The summed E-state index contributed by atoms with van der Waals surface area (Å²) in [5, 5.41) is 14.1. The van der Waals surface area contributed by atoms with Crippen molar-refractivity contribution in [1.82, 2.24) is 5.32 Å². The van der Waals surface area contributed by atoms with Gasteiger partial charge in [0.25, 0.3) is 0 Å². The lowest BCUT2D eigenvalue weighted by atomic mass is 9.97. The topological polar surface area (TPSA) is 105 Å². The molecule has 0 heterocycles. The number of hydrogen-bond donors (Lipinski definition) is 3. The summed E-state index contributed by atoms with van der Waals surface area (Å²) >= 11 is 0. The van der Waals surface area contributed by atoms with Crippen LogP contribution in [-0.2, 0) is 14.3 Å². The van der Waals surface area contributed by atoms with E-state index in [9.17, 15) is 14.4 Å². The molecule has 1 aliphatic rings. The summed E-state index contributed by atoms with van der Waals surface area (Å²) in [5.41, 5.74) is 6.15. The SMILES string of the molecule is CC(CC(=O)N[C@@H](C)C(=O)O)c1ccc(NC(=O)OCC2c3ccccc3-c3ccccc32)cc1. The Morgan fingerprint density at radius 1 is 0.886 bits per heavy atom. The van der Waals surface area contributed by atoms with Gasteiger partial charge in [-0.15, -0.1) is 0 Å². The van der Waals surface area contributed by atoms with Gasteiger partial charge in [0.05, 0.1) is 0 Å². The number of anilines is 1. The Kier molecular flexibility index (Phi) is 7.15. The van der Waals surface area contributed by atoms with Crippen LogP contribution in [0.1, 0.15) is 48.8 Å². The van der Waals surface area contributed by atoms with Crippen molar-refractivity contribution in [2.45, 2.75) is 38.1 Å². The van der Waals surface area contributed by atoms with Gasteiger partial charge in [0.2, 0.25) is 5.91 Å². The van der Waals surface area contributed by atoms with Gasteiger partial charge in [0.1, 0.15) is 12.6 Å². The molecule has 2 atom stereocenters. The van der Waals surface area contributed by atoms with Crippen LogP contribution < -0.4 is 10.6 Å². The maximum absolute atomic E-state index is 12.5. The Labute approximate surface area is 204 Å². The van der Waals surface area contributed by atoms with Crippen molar-refractivity contribution >= 4 is 23.7 Å². The summed E-state index contributed by atoms with van der Waals surface area (Å²) < 4.78 is 5.58. The smallest absolute Gasteiger partial charge is 0.411 e. The van der Waals surface area contributed by atoms with Gasteiger partial charge < -0.3 is 15.2 Å². The van der Waals surface area contributed by atoms with Crippen molar-refractivity contribution in [3.05, 3.63) is 89.5 Å². The van der Waals surface area contributed by atoms with E-state index in [1.54, 1.807) is 12.1 Å². The number of ether oxygens (including phenoxy) is 1. The minimum atomic E-state index is -1.07. The van der Waals surface area contributed by atoms with Crippen LogP contribution in [0.3, 0.4) is 0 Å². The fraction of sp³-hybridized carbons (Fsp3) is 0.250. The summed E-state index contributed by atoms with van der Waals surface area (Å²) in [6, 6.07) is 22.6. The predicted octanol–water partition coefficient (Wildman–Crippen LogP) is 5.13. The van der Waals surface area contributed by atoms with Gasteiger partial charge in [-0.05, 0) is 52.8 Å². The monoisotopic (exact) mass is 472 g/mol. The van der Waals surface area contributed by atoms with E-state index in [-0.39, 0.29) is 30.8 Å². The van der Waals surface area contributed by atoms with Crippen LogP contribution in [0, 0.1) is 0 Å². The van der Waals surface area contributed by atoms with Gasteiger partial charge in [-0.3, -0.25) is 14.9 Å². The van der Waals surface area contributed by atoms with Crippen molar-refractivity contribution in [1.29, 1.82) is 0 Å². The second-order valence-electron chi connectivity index (χ2n) is 8.81. The Hall–Kier alpha value is -4.13. The number of nitrogens with one attached hydrogen (secondary N) is 2. The second kappa shape index (κ2) is 10.4. The summed E-state index contributed by atoms with van der Waals surface area (Å²) in [4.78, 5) is 35.4. The van der Waals surface area contributed by atoms with Gasteiger partial charge in [-0.25, -0.2) is 4.79 Å². The summed E-state index contributed by atoms with van der Waals surface area (Å²) in [6.07, 6.45) is -0.369. The van der Waals surface area contributed by atoms with Crippen LogP contribution in [0.25, 0.3) is 11.1 Å². The number of fused-ring (bicyclic) bond motifs is 3. The maximum atomic E-state index is 12.5. The van der Waals surface area contributed by atoms with Crippen molar-refractivity contribution < 1.29 is 24.2 Å². The van der Waals surface area contributed by atoms with Crippen LogP contribution in [-0.4, -0.2) is 35.7 Å². The third kappa shape index (κ3) is 5.51. The highest BCUT2D eigenvalue weighted by Crippen LogP contribution is 2.44. The van der Waals surface area contributed by atoms with E-state index in [1.807, 2.05) is 43.3 Å². The molecule has 0 saturated carbocycles. The Morgan fingerprint density at radius 2 is 1.46 bits per heavy atom. The van der Waals surface area contributed by atoms with Crippen LogP contribution in [0.2, 0.25) is 0 Å². The van der Waals surface area contributed by atoms with Crippen molar-refractivity contribution in [2.75, 3.05) is 11.9 Å². The highest BCUT2D eigenvalue weighted by atomic mass is 16.5. The molecule has 3 aromatic rings. The first-order chi connectivity index (χ1) is 16.8. The van der Waals surface area contributed by atoms with E-state index in [0.29, 0.717) is 5.69 Å². The van der Waals surface area contributed by atoms with E-state index in [1.165, 1.54) is 18.1 Å². The standard InChI is InChI=1S/C28H28N2O5/c1-17(15-26(31)29-18(2)27(32)33)19-11-13-20(14-12-19)30-28(34)35-16-25-23-9-5-3-7-21(23)22-8-4-6-10-24(22)25/h3-14,17-18,25H,15-16H2,1-2H3,(H,29,31)(H,30,34)(H,32,33)/t17?,18-/m0/s1. The number of hydrogen-bond acceptors (Lipinski definition) is 4. The van der Waals surface area contributed by atoms with Gasteiger partial charge in [-0.2, -0.15) is 0 Å². The van der Waals surface area contributed by atoms with Gasteiger partial charge in [-0.1, -0.05) is 67.6 Å². The Morgan fingerprint density at radius 3 is 2.03 bits per heavy atom. The number of carboxylic acids is 1. The van der Waals surface area contributed by atoms with E-state index in [4.69, 9.17) is 9.84 Å². The van der Waals surface area contributed by atoms with Crippen LogP contribution in [0.5, 0.6) is 0 Å². The number of carbonyl (C=O) groups excluding carboxylic acids is 2. The zero-order valence-electron chi connectivity index (χ0n) is 19.7. The first kappa shape index (κ1) is 24.0. The summed E-state index contributed by atoms with van der Waals surface area (Å²) in [6.45, 7) is 3.55. The molecule has 1 aliphatic carbocycles. The molecular formula is C28H28N2O5. The molecule has 0 aliphatic heterocycles. The number of carboxylic acid groups (broad SMARTS) is 1. The molecule has 0 aromatic heterocycles. The third-order valence-corrected chi connectivity index (χ3v) is 6.31. The number of aliphatic carboxylic acids is 1. The Bertz CT molecular complexity index is 1190. The zero-order valence-corrected chi connectivity index (χ0v) is 19.7. The number of amides is 2. The molecule has 180 valence electrons. The summed E-state index contributed by atoms with van der Waals surface area (Å²) in [7, 11) is 0. The quantitative estimate of drug-likeness (QED) is 0.422. The van der Waals surface area contributed by atoms with E-state index in [0.717, 1.165) is 16.7 Å². The maximum Gasteiger partial charge on any atom is 0.411 e. The zero-order chi connectivity index (χ0) is 24.9. The molecule has 0 bridgehead atoms. The number of rotatable bonds is 8. The van der Waals surface area contributed by atoms with Crippen molar-refractivity contribution in [3.8, 4) is 11.1 Å². The number of carbonyl (C=O) groups is 3. The van der Waals surface area contributed by atoms with Crippen molar-refractivity contribution in [2.24, 2.45) is 0 Å². The average molecular weight is 473 g/mol. The highest BCUT2D eigenvalue weighted by Gasteiger charge is 2.29. The predicted molar refractivity (Wildman–Crippen MR) is 133 cm³/mol. The van der Waals surface area contributed by atoms with Crippen LogP contribution >= 0.6 is 0 Å². The molecule has 2 amide bonds. The third-order valence-electron chi connectivity index (χ3n) is 6.31. The molecule has 3 aromatic carbocycles. The molecule has 7 nitrogen and oxygen atoms in total. The van der Waals surface area contributed by atoms with E-state index in [2.05, 4.69) is 34.9 Å². The molecule has 0 fully saturated rings. The molecule has 7 heteroatoms. The molecule has 0 saturated heterocycles. The molecular weight excluding hydrogens is 444 g/mol. The lowest BCUT2D eigenvalue weighted by molar-refractivity contribution is -0.141. The van der Waals surface area contributed by atoms with Gasteiger partial charge >= 0.3 is 12.1 Å². The van der Waals surface area contributed by atoms with Crippen LogP contribution in [0.4, 0.5) is 10.5 Å². The molecule has 1 unspecified atom stereocenters. The average Bonchev–Trinajstić information content (AvgIpc) is 3.16. The molecule has 0 radical (unpaired) electrons. The molecule has 4 rings (SSSR count). The lowest BCUT2D eigenvalue weighted by Gasteiger charge is -2.16. The lowest BCUT2D eigenvalue weighted by Crippen LogP contribution is -2.38. The molecule has 0 spiro atoms. The highest BCUT2D eigenvalue weighted by molar-refractivity contribution is 5.85. The minimum absolute atomic E-state index is 0.00799. The normalized spacial score (nSPS) is 13.8. The van der Waals surface area contributed by atoms with E-state index < -0.39 is 18.1 Å². The fourth-order valence-corrected chi connectivity index (χ4v) is 4.41. The van der Waals surface area contributed by atoms with Crippen LogP contribution in [0.15, 0.2) is 72.8 Å².